The maximum absolute atomic E-state index is 12.5. The topological polar surface area (TPSA) is 120 Å². The van der Waals surface area contributed by atoms with Crippen LogP contribution >= 0.6 is 0 Å². The first-order valence-corrected chi connectivity index (χ1v) is 12.6. The van der Waals surface area contributed by atoms with Gasteiger partial charge in [-0.2, -0.15) is 4.52 Å². The third-order valence-corrected chi connectivity index (χ3v) is 6.94. The Hall–Kier alpha value is -3.70. The summed E-state index contributed by atoms with van der Waals surface area (Å²) in [5, 5.41) is 16.2. The van der Waals surface area contributed by atoms with E-state index in [2.05, 4.69) is 25.3 Å². The van der Waals surface area contributed by atoms with Crippen LogP contribution in [0.2, 0.25) is 0 Å². The van der Waals surface area contributed by atoms with Crippen LogP contribution in [0.4, 0.5) is 5.82 Å². The van der Waals surface area contributed by atoms with Gasteiger partial charge >= 0.3 is 0 Å². The molecular formula is C24H28N6O4S. The molecule has 2 aromatic carbocycles. The lowest BCUT2D eigenvalue weighted by Crippen LogP contribution is -2.26. The van der Waals surface area contributed by atoms with Crippen molar-refractivity contribution >= 4 is 21.5 Å². The van der Waals surface area contributed by atoms with Gasteiger partial charge in [-0.05, 0) is 55.3 Å². The molecule has 0 unspecified atom stereocenters. The molecule has 184 valence electrons. The number of hydrogen-bond acceptors (Lipinski definition) is 8. The van der Waals surface area contributed by atoms with E-state index in [4.69, 9.17) is 9.47 Å². The Labute approximate surface area is 204 Å². The number of aryl methyl sites for hydroxylation is 1. The Bertz CT molecular complexity index is 1400. The van der Waals surface area contributed by atoms with E-state index < -0.39 is 10.0 Å². The van der Waals surface area contributed by atoms with Crippen molar-refractivity contribution in [3.8, 4) is 11.5 Å². The first kappa shape index (κ1) is 24.4. The highest BCUT2D eigenvalue weighted by Gasteiger charge is 2.14. The second-order valence-electron chi connectivity index (χ2n) is 7.93. The smallest absolute Gasteiger partial charge is 0.240 e. The summed E-state index contributed by atoms with van der Waals surface area (Å²) in [7, 11) is -0.372. The first-order chi connectivity index (χ1) is 16.9. The second-order valence-corrected chi connectivity index (χ2v) is 9.70. The zero-order chi connectivity index (χ0) is 24.8. The molecule has 2 N–H and O–H groups in total. The summed E-state index contributed by atoms with van der Waals surface area (Å²) in [6.45, 7) is 2.74. The van der Waals surface area contributed by atoms with Gasteiger partial charge in [0.25, 0.3) is 0 Å². The van der Waals surface area contributed by atoms with E-state index in [0.717, 1.165) is 17.5 Å². The highest BCUT2D eigenvalue weighted by atomic mass is 32.2. The Balaban J connectivity index is 1.36. The minimum absolute atomic E-state index is 0.176. The van der Waals surface area contributed by atoms with Crippen LogP contribution in [0.25, 0.3) is 5.65 Å². The molecule has 10 nitrogen and oxygen atoms in total. The molecule has 0 amide bonds. The fraction of sp³-hybridized carbons (Fsp3) is 0.292. The molecule has 4 aromatic rings. The minimum atomic E-state index is -3.60. The van der Waals surface area contributed by atoms with Crippen molar-refractivity contribution < 1.29 is 17.9 Å². The summed E-state index contributed by atoms with van der Waals surface area (Å²) in [5.74, 6) is 2.61. The first-order valence-electron chi connectivity index (χ1n) is 11.1. The number of hydrogen-bond donors (Lipinski definition) is 2. The Morgan fingerprint density at radius 3 is 2.40 bits per heavy atom. The lowest BCUT2D eigenvalue weighted by atomic mass is 10.1. The van der Waals surface area contributed by atoms with E-state index in [9.17, 15) is 8.42 Å². The third-order valence-electron chi connectivity index (χ3n) is 5.47. The van der Waals surface area contributed by atoms with E-state index in [-0.39, 0.29) is 11.4 Å². The third kappa shape index (κ3) is 5.87. The lowest BCUT2D eigenvalue weighted by Gasteiger charge is -2.10. The molecule has 0 saturated heterocycles. The number of rotatable bonds is 11. The van der Waals surface area contributed by atoms with Gasteiger partial charge in [0.05, 0.1) is 19.1 Å². The van der Waals surface area contributed by atoms with E-state index in [1.165, 1.54) is 0 Å². The lowest BCUT2D eigenvalue weighted by molar-refractivity contribution is 0.354. The summed E-state index contributed by atoms with van der Waals surface area (Å²) in [6, 6.07) is 16.2. The summed E-state index contributed by atoms with van der Waals surface area (Å²) in [4.78, 5) is 0.230. The van der Waals surface area contributed by atoms with Gasteiger partial charge in [-0.1, -0.05) is 23.8 Å². The normalized spacial score (nSPS) is 11.5. The fourth-order valence-electron chi connectivity index (χ4n) is 3.55. The molecule has 35 heavy (non-hydrogen) atoms. The molecule has 0 spiro atoms. The number of nitrogens with one attached hydrogen (secondary N) is 2. The van der Waals surface area contributed by atoms with E-state index in [1.54, 1.807) is 43.0 Å². The van der Waals surface area contributed by atoms with Crippen molar-refractivity contribution in [2.24, 2.45) is 0 Å². The molecule has 0 aliphatic heterocycles. The molecule has 11 heteroatoms. The second kappa shape index (κ2) is 10.7. The van der Waals surface area contributed by atoms with Gasteiger partial charge in [-0.3, -0.25) is 0 Å². The summed E-state index contributed by atoms with van der Waals surface area (Å²) >= 11 is 0. The molecular weight excluding hydrogens is 468 g/mol. The number of anilines is 1. The van der Waals surface area contributed by atoms with Crippen LogP contribution in [-0.4, -0.2) is 55.5 Å². The highest BCUT2D eigenvalue weighted by molar-refractivity contribution is 7.89. The van der Waals surface area contributed by atoms with Crippen LogP contribution in [0.3, 0.4) is 0 Å². The zero-order valence-corrected chi connectivity index (χ0v) is 20.7. The molecule has 0 saturated carbocycles. The highest BCUT2D eigenvalue weighted by Crippen LogP contribution is 2.27. The van der Waals surface area contributed by atoms with Crippen LogP contribution in [0.5, 0.6) is 11.5 Å². The Morgan fingerprint density at radius 1 is 0.886 bits per heavy atom. The molecule has 0 atom stereocenters. The summed E-state index contributed by atoms with van der Waals surface area (Å²) < 4.78 is 39.9. The maximum Gasteiger partial charge on any atom is 0.240 e. The summed E-state index contributed by atoms with van der Waals surface area (Å²) in [5.41, 5.74) is 2.69. The van der Waals surface area contributed by atoms with Gasteiger partial charge in [-0.15, -0.1) is 15.3 Å². The predicted octanol–water partition coefficient (Wildman–Crippen LogP) is 2.63. The van der Waals surface area contributed by atoms with E-state index in [1.807, 2.05) is 37.3 Å². The number of fused-ring (bicyclic) bond motifs is 1. The van der Waals surface area contributed by atoms with Gasteiger partial charge in [-0.25, -0.2) is 13.1 Å². The van der Waals surface area contributed by atoms with Gasteiger partial charge < -0.3 is 14.8 Å². The van der Waals surface area contributed by atoms with Crippen LogP contribution in [-0.2, 0) is 22.9 Å². The predicted molar refractivity (Wildman–Crippen MR) is 133 cm³/mol. The van der Waals surface area contributed by atoms with Crippen LogP contribution < -0.4 is 19.5 Å². The molecule has 0 fully saturated rings. The number of ether oxygens (including phenoxy) is 2. The van der Waals surface area contributed by atoms with Crippen molar-refractivity contribution in [1.29, 1.82) is 0 Å². The van der Waals surface area contributed by atoms with Crippen LogP contribution in [0.15, 0.2) is 59.5 Å². The van der Waals surface area contributed by atoms with Crippen molar-refractivity contribution in [3.05, 3.63) is 71.5 Å². The zero-order valence-electron chi connectivity index (χ0n) is 19.9. The minimum Gasteiger partial charge on any atom is -0.493 e. The van der Waals surface area contributed by atoms with Crippen molar-refractivity contribution in [2.75, 3.05) is 32.6 Å². The molecule has 0 aliphatic rings. The number of sulfonamides is 1. The molecule has 2 aromatic heterocycles. The van der Waals surface area contributed by atoms with Gasteiger partial charge in [0, 0.05) is 19.5 Å². The molecule has 4 rings (SSSR count). The number of aromatic nitrogens is 4. The molecule has 0 aliphatic carbocycles. The fourth-order valence-corrected chi connectivity index (χ4v) is 4.58. The maximum atomic E-state index is 12.5. The molecule has 0 radical (unpaired) electrons. The van der Waals surface area contributed by atoms with Crippen LogP contribution in [0.1, 0.15) is 17.0 Å². The molecule has 0 bridgehead atoms. The van der Waals surface area contributed by atoms with Crippen molar-refractivity contribution in [1.82, 2.24) is 24.5 Å². The van der Waals surface area contributed by atoms with E-state index >= 15 is 0 Å². The van der Waals surface area contributed by atoms with Crippen molar-refractivity contribution in [2.45, 2.75) is 24.7 Å². The quantitative estimate of drug-likeness (QED) is 0.325. The Morgan fingerprint density at radius 2 is 1.66 bits per heavy atom. The average molecular weight is 497 g/mol. The monoisotopic (exact) mass is 496 g/mol. The number of nitrogens with zero attached hydrogens (tertiary/aromatic N) is 4. The van der Waals surface area contributed by atoms with Gasteiger partial charge in [0.15, 0.2) is 23.0 Å². The summed E-state index contributed by atoms with van der Waals surface area (Å²) in [6.07, 6.45) is 1.10. The van der Waals surface area contributed by atoms with E-state index in [0.29, 0.717) is 41.8 Å². The molecule has 2 heterocycles. The van der Waals surface area contributed by atoms with Crippen LogP contribution in [0, 0.1) is 6.92 Å². The van der Waals surface area contributed by atoms with Crippen molar-refractivity contribution in [3.63, 3.8) is 0 Å². The van der Waals surface area contributed by atoms with Gasteiger partial charge in [0.2, 0.25) is 10.0 Å². The number of benzene rings is 2. The number of methoxy groups -OCH3 is 2. The Kier molecular flexibility index (Phi) is 7.47. The largest absolute Gasteiger partial charge is 0.493 e. The van der Waals surface area contributed by atoms with Gasteiger partial charge in [0.1, 0.15) is 5.82 Å². The standard InChI is InChI=1S/C24H28N6O4S/c1-17-4-7-19(8-5-17)35(31,32)26-15-13-24-28-27-23-11-10-22(29-30(23)24)25-14-12-18-6-9-20(33-2)21(16-18)34-3/h4-11,16,26H,12-15H2,1-3H3,(H,25,29). The average Bonchev–Trinajstić information content (AvgIpc) is 3.26. The SMILES string of the molecule is COc1ccc(CCNc2ccc3nnc(CCNS(=O)(=O)c4ccc(C)cc4)n3n2)cc1OC.